The van der Waals surface area contributed by atoms with Crippen molar-refractivity contribution >= 4 is 27.5 Å². The van der Waals surface area contributed by atoms with Crippen LogP contribution >= 0.6 is 15.9 Å². The third kappa shape index (κ3) is 2.76. The van der Waals surface area contributed by atoms with Gasteiger partial charge in [-0.25, -0.2) is 0 Å². The number of benzene rings is 1. The molecule has 0 saturated carbocycles. The van der Waals surface area contributed by atoms with E-state index in [-0.39, 0.29) is 5.91 Å². The Morgan fingerprint density at radius 3 is 2.62 bits per heavy atom. The zero-order valence-corrected chi connectivity index (χ0v) is 10.6. The first-order chi connectivity index (χ1) is 7.65. The number of nitrogens with zero attached hydrogens (tertiary/aromatic N) is 1. The second-order valence-electron chi connectivity index (χ2n) is 4.13. The normalized spacial score (nSPS) is 20.4. The van der Waals surface area contributed by atoms with Gasteiger partial charge in [0.1, 0.15) is 0 Å². The van der Waals surface area contributed by atoms with E-state index in [1.807, 2.05) is 29.2 Å². The number of alkyl halides is 1. The highest BCUT2D eigenvalue weighted by Crippen LogP contribution is 2.18. The van der Waals surface area contributed by atoms with Gasteiger partial charge in [-0.05, 0) is 24.1 Å². The molecule has 1 saturated heterocycles. The molecular formula is C12H15BrN2O. The number of rotatable bonds is 3. The van der Waals surface area contributed by atoms with Crippen molar-refractivity contribution < 1.29 is 4.79 Å². The minimum Gasteiger partial charge on any atom is -0.399 e. The lowest BCUT2D eigenvalue weighted by molar-refractivity contribution is -0.127. The number of amides is 1. The van der Waals surface area contributed by atoms with Gasteiger partial charge in [-0.2, -0.15) is 0 Å². The largest absolute Gasteiger partial charge is 0.399 e. The molecule has 2 rings (SSSR count). The molecule has 16 heavy (non-hydrogen) atoms. The van der Waals surface area contributed by atoms with Crippen LogP contribution in [0.15, 0.2) is 24.3 Å². The van der Waals surface area contributed by atoms with Crippen LogP contribution in [0.3, 0.4) is 0 Å². The predicted molar refractivity (Wildman–Crippen MR) is 68.5 cm³/mol. The van der Waals surface area contributed by atoms with Crippen LogP contribution in [0.2, 0.25) is 0 Å². The molecule has 0 radical (unpaired) electrons. The number of nitrogens with two attached hydrogens (primary N) is 1. The predicted octanol–water partition coefficient (Wildman–Crippen LogP) is 1.81. The standard InChI is InChI=1S/C12H15BrN2O/c13-10-7-12(16)15(8-10)6-5-9-1-3-11(14)4-2-9/h1-4,10H,5-8,14H2. The highest BCUT2D eigenvalue weighted by atomic mass is 79.9. The molecule has 1 unspecified atom stereocenters. The van der Waals surface area contributed by atoms with Crippen LogP contribution in [0.25, 0.3) is 0 Å². The van der Waals surface area contributed by atoms with E-state index >= 15 is 0 Å². The van der Waals surface area contributed by atoms with Gasteiger partial charge in [0, 0.05) is 30.0 Å². The SMILES string of the molecule is Nc1ccc(CCN2CC(Br)CC2=O)cc1. The third-order valence-electron chi connectivity index (χ3n) is 2.82. The summed E-state index contributed by atoms with van der Waals surface area (Å²) in [6.45, 7) is 1.62. The van der Waals surface area contributed by atoms with Gasteiger partial charge in [0.2, 0.25) is 5.91 Å². The smallest absolute Gasteiger partial charge is 0.223 e. The molecule has 1 amide bonds. The number of carbonyl (C=O) groups is 1. The Labute approximate surface area is 104 Å². The fourth-order valence-corrected chi connectivity index (χ4v) is 2.51. The minimum atomic E-state index is 0.248. The van der Waals surface area contributed by atoms with Crippen LogP contribution in [0, 0.1) is 0 Å². The molecular weight excluding hydrogens is 268 g/mol. The molecule has 1 fully saturated rings. The molecule has 1 aliphatic heterocycles. The van der Waals surface area contributed by atoms with E-state index < -0.39 is 0 Å². The van der Waals surface area contributed by atoms with Crippen molar-refractivity contribution in [1.82, 2.24) is 4.90 Å². The van der Waals surface area contributed by atoms with Crippen LogP contribution in [0.5, 0.6) is 0 Å². The molecule has 0 spiro atoms. The van der Waals surface area contributed by atoms with E-state index in [0.717, 1.165) is 25.2 Å². The molecule has 86 valence electrons. The van der Waals surface area contributed by atoms with E-state index in [0.29, 0.717) is 11.2 Å². The van der Waals surface area contributed by atoms with Gasteiger partial charge in [-0.1, -0.05) is 28.1 Å². The summed E-state index contributed by atoms with van der Waals surface area (Å²) in [5, 5.41) is 0. The molecule has 1 atom stereocenters. The summed E-state index contributed by atoms with van der Waals surface area (Å²) in [6.07, 6.45) is 1.52. The Bertz CT molecular complexity index is 377. The van der Waals surface area contributed by atoms with Gasteiger partial charge < -0.3 is 10.6 Å². The molecule has 0 bridgehead atoms. The van der Waals surface area contributed by atoms with Crippen molar-refractivity contribution in [3.8, 4) is 0 Å². The summed E-state index contributed by atoms with van der Waals surface area (Å²) < 4.78 is 0. The number of likely N-dealkylation sites (tertiary alicyclic amines) is 1. The Balaban J connectivity index is 1.88. The molecule has 3 nitrogen and oxygen atoms in total. The van der Waals surface area contributed by atoms with Crippen molar-refractivity contribution in [1.29, 1.82) is 0 Å². The lowest BCUT2D eigenvalue weighted by atomic mass is 10.1. The zero-order valence-electron chi connectivity index (χ0n) is 9.03. The van der Waals surface area contributed by atoms with E-state index in [1.54, 1.807) is 0 Å². The number of halogens is 1. The molecule has 1 aromatic rings. The molecule has 1 aliphatic rings. The summed E-state index contributed by atoms with van der Waals surface area (Å²) in [4.78, 5) is 13.8. The molecule has 0 aromatic heterocycles. The van der Waals surface area contributed by atoms with Crippen molar-refractivity contribution in [3.63, 3.8) is 0 Å². The Morgan fingerprint density at radius 2 is 2.06 bits per heavy atom. The number of hydrogen-bond donors (Lipinski definition) is 1. The highest BCUT2D eigenvalue weighted by molar-refractivity contribution is 9.09. The molecule has 1 aromatic carbocycles. The van der Waals surface area contributed by atoms with E-state index in [4.69, 9.17) is 5.73 Å². The van der Waals surface area contributed by atoms with Crippen LogP contribution in [-0.2, 0) is 11.2 Å². The molecule has 0 aliphatic carbocycles. The summed E-state index contributed by atoms with van der Waals surface area (Å²) in [5.41, 5.74) is 7.62. The van der Waals surface area contributed by atoms with Crippen molar-refractivity contribution in [2.75, 3.05) is 18.8 Å². The lowest BCUT2D eigenvalue weighted by Crippen LogP contribution is -2.27. The van der Waals surface area contributed by atoms with Gasteiger partial charge in [-0.3, -0.25) is 4.79 Å². The molecule has 4 heteroatoms. The van der Waals surface area contributed by atoms with Crippen molar-refractivity contribution in [2.45, 2.75) is 17.7 Å². The number of hydrogen-bond acceptors (Lipinski definition) is 2. The summed E-state index contributed by atoms with van der Waals surface area (Å²) in [7, 11) is 0. The summed E-state index contributed by atoms with van der Waals surface area (Å²) in [5.74, 6) is 0.248. The molecule has 2 N–H and O–H groups in total. The Kier molecular flexibility index (Phi) is 3.49. The monoisotopic (exact) mass is 282 g/mol. The van der Waals surface area contributed by atoms with Gasteiger partial charge >= 0.3 is 0 Å². The summed E-state index contributed by atoms with van der Waals surface area (Å²) >= 11 is 3.48. The topological polar surface area (TPSA) is 46.3 Å². The lowest BCUT2D eigenvalue weighted by Gasteiger charge is -2.15. The highest BCUT2D eigenvalue weighted by Gasteiger charge is 2.26. The summed E-state index contributed by atoms with van der Waals surface area (Å²) in [6, 6.07) is 7.83. The van der Waals surface area contributed by atoms with Crippen LogP contribution in [-0.4, -0.2) is 28.7 Å². The van der Waals surface area contributed by atoms with E-state index in [2.05, 4.69) is 15.9 Å². The van der Waals surface area contributed by atoms with Gasteiger partial charge in [0.25, 0.3) is 0 Å². The van der Waals surface area contributed by atoms with Crippen LogP contribution in [0.1, 0.15) is 12.0 Å². The maximum atomic E-state index is 11.5. The second-order valence-corrected chi connectivity index (χ2v) is 5.43. The first-order valence-corrected chi connectivity index (χ1v) is 6.33. The average Bonchev–Trinajstić information content (AvgIpc) is 2.57. The minimum absolute atomic E-state index is 0.248. The van der Waals surface area contributed by atoms with Gasteiger partial charge in [0.05, 0.1) is 0 Å². The quantitative estimate of drug-likeness (QED) is 0.679. The maximum absolute atomic E-state index is 11.5. The van der Waals surface area contributed by atoms with Crippen molar-refractivity contribution in [3.05, 3.63) is 29.8 Å². The first-order valence-electron chi connectivity index (χ1n) is 5.41. The third-order valence-corrected chi connectivity index (χ3v) is 3.43. The number of carbonyl (C=O) groups excluding carboxylic acids is 1. The fourth-order valence-electron chi connectivity index (χ4n) is 1.89. The van der Waals surface area contributed by atoms with Gasteiger partial charge in [-0.15, -0.1) is 0 Å². The number of anilines is 1. The van der Waals surface area contributed by atoms with E-state index in [9.17, 15) is 4.79 Å². The average molecular weight is 283 g/mol. The van der Waals surface area contributed by atoms with Gasteiger partial charge in [0.15, 0.2) is 0 Å². The van der Waals surface area contributed by atoms with E-state index in [1.165, 1.54) is 5.56 Å². The van der Waals surface area contributed by atoms with Crippen molar-refractivity contribution in [2.24, 2.45) is 0 Å². The van der Waals surface area contributed by atoms with Crippen LogP contribution in [0.4, 0.5) is 5.69 Å². The van der Waals surface area contributed by atoms with Crippen LogP contribution < -0.4 is 5.73 Å². The first kappa shape index (κ1) is 11.5. The zero-order chi connectivity index (χ0) is 11.5. The maximum Gasteiger partial charge on any atom is 0.223 e. The Morgan fingerprint density at radius 1 is 1.38 bits per heavy atom. The Hall–Kier alpha value is -1.03. The molecule has 1 heterocycles. The fraction of sp³-hybridized carbons (Fsp3) is 0.417. The number of nitrogen functional groups attached to an aromatic ring is 1. The second kappa shape index (κ2) is 4.87.